The number of para-hydroxylation sites is 2. The molecule has 0 N–H and O–H groups in total. The van der Waals surface area contributed by atoms with Crippen LogP contribution in [0.2, 0.25) is 0 Å². The fourth-order valence-electron chi connectivity index (χ4n) is 4.76. The van der Waals surface area contributed by atoms with E-state index in [1.807, 2.05) is 19.2 Å². The van der Waals surface area contributed by atoms with E-state index in [4.69, 9.17) is 9.98 Å². The van der Waals surface area contributed by atoms with E-state index in [-0.39, 0.29) is 10.8 Å². The van der Waals surface area contributed by atoms with E-state index in [1.54, 1.807) is 11.3 Å². The summed E-state index contributed by atoms with van der Waals surface area (Å²) in [7, 11) is 0. The third-order valence-corrected chi connectivity index (χ3v) is 8.16. The van der Waals surface area contributed by atoms with Crippen molar-refractivity contribution < 1.29 is 0 Å². The first-order valence-corrected chi connectivity index (χ1v) is 14.4. The van der Waals surface area contributed by atoms with E-state index in [9.17, 15) is 0 Å². The summed E-state index contributed by atoms with van der Waals surface area (Å²) in [4.78, 5) is 14.8. The fraction of sp³-hybridized carbons (Fsp3) is 0.286. The first-order valence-electron chi connectivity index (χ1n) is 13.5. The van der Waals surface area contributed by atoms with Crippen molar-refractivity contribution in [1.82, 2.24) is 9.97 Å². The number of rotatable bonds is 4. The molecule has 2 heterocycles. The molecule has 0 saturated carbocycles. The van der Waals surface area contributed by atoms with Gasteiger partial charge >= 0.3 is 0 Å². The van der Waals surface area contributed by atoms with Crippen molar-refractivity contribution >= 4 is 33.5 Å². The molecule has 0 saturated heterocycles. The molecular weight excluding hydrogens is 494 g/mol. The third kappa shape index (κ3) is 5.72. The first kappa shape index (κ1) is 27.0. The van der Waals surface area contributed by atoms with Gasteiger partial charge in [-0.1, -0.05) is 77.9 Å². The molecule has 39 heavy (non-hydrogen) atoms. The van der Waals surface area contributed by atoms with Crippen molar-refractivity contribution in [2.45, 2.75) is 66.2 Å². The zero-order chi connectivity index (χ0) is 27.9. The molecule has 0 fully saturated rings. The van der Waals surface area contributed by atoms with Crippen LogP contribution < -0.4 is 0 Å². The van der Waals surface area contributed by atoms with Crippen molar-refractivity contribution in [1.29, 1.82) is 0 Å². The molecule has 3 nitrogen and oxygen atoms in total. The highest BCUT2D eigenvalue weighted by Gasteiger charge is 2.20. The van der Waals surface area contributed by atoms with Crippen LogP contribution in [0.25, 0.3) is 31.9 Å². The number of nitrogens with zero attached hydrogens (tertiary/aromatic N) is 3. The number of benzene rings is 3. The second kappa shape index (κ2) is 10.2. The molecule has 4 heteroatoms. The lowest BCUT2D eigenvalue weighted by Gasteiger charge is -2.25. The second-order valence-corrected chi connectivity index (χ2v) is 13.4. The van der Waals surface area contributed by atoms with Crippen LogP contribution in [0.15, 0.2) is 77.8 Å². The van der Waals surface area contributed by atoms with Crippen LogP contribution in [-0.2, 0) is 10.8 Å². The highest BCUT2D eigenvalue weighted by Crippen LogP contribution is 2.39. The molecule has 0 aliphatic rings. The van der Waals surface area contributed by atoms with Crippen molar-refractivity contribution in [3.63, 3.8) is 0 Å². The number of thiazole rings is 1. The minimum atomic E-state index is 0.0613. The lowest BCUT2D eigenvalue weighted by Crippen LogP contribution is -2.17. The molecule has 0 atom stereocenters. The Morgan fingerprint density at radius 3 is 2.03 bits per heavy atom. The number of fused-ring (bicyclic) bond motifs is 1. The van der Waals surface area contributed by atoms with Gasteiger partial charge in [-0.2, -0.15) is 0 Å². The summed E-state index contributed by atoms with van der Waals surface area (Å²) in [5, 5.41) is 0.974. The molecule has 0 unspecified atom stereocenters. The zero-order valence-electron chi connectivity index (χ0n) is 24.3. The van der Waals surface area contributed by atoms with E-state index in [1.165, 1.54) is 11.1 Å². The van der Waals surface area contributed by atoms with Crippen molar-refractivity contribution in [3.8, 4) is 21.7 Å². The lowest BCUT2D eigenvalue weighted by atomic mass is 9.79. The Bertz CT molecular complexity index is 1660. The van der Waals surface area contributed by atoms with Crippen LogP contribution in [-0.4, -0.2) is 16.2 Å². The van der Waals surface area contributed by atoms with Gasteiger partial charge in [0.25, 0.3) is 0 Å². The second-order valence-electron chi connectivity index (χ2n) is 12.4. The summed E-state index contributed by atoms with van der Waals surface area (Å²) in [5.41, 5.74) is 11.2. The van der Waals surface area contributed by atoms with Crippen LogP contribution in [0.4, 0.5) is 5.69 Å². The van der Waals surface area contributed by atoms with Crippen LogP contribution in [0.1, 0.15) is 69.6 Å². The fourth-order valence-corrected chi connectivity index (χ4v) is 5.78. The Hall–Kier alpha value is -3.63. The predicted molar refractivity (Wildman–Crippen MR) is 169 cm³/mol. The predicted octanol–water partition coefficient (Wildman–Crippen LogP) is 9.99. The molecule has 2 aromatic heterocycles. The standard InChI is InChI=1S/C35H37N3S/c1-22-16-17-27(23(2)37-22)28-13-11-15-31-32(28)38-33(39-31)29-12-9-10-14-30(29)36-21-24-18-25(34(3,4)5)20-26(19-24)35(6,7)8/h9-21H,1-8H3. The Morgan fingerprint density at radius 2 is 1.36 bits per heavy atom. The topological polar surface area (TPSA) is 38.1 Å². The van der Waals surface area contributed by atoms with Gasteiger partial charge < -0.3 is 0 Å². The smallest absolute Gasteiger partial charge is 0.126 e. The summed E-state index contributed by atoms with van der Waals surface area (Å²) in [6, 6.07) is 25.8. The van der Waals surface area contributed by atoms with Gasteiger partial charge in [0.2, 0.25) is 0 Å². The largest absolute Gasteiger partial charge is 0.258 e. The number of pyridine rings is 1. The maximum absolute atomic E-state index is 5.15. The van der Waals surface area contributed by atoms with Gasteiger partial charge in [-0.15, -0.1) is 11.3 Å². The minimum Gasteiger partial charge on any atom is -0.258 e. The number of aromatic nitrogens is 2. The van der Waals surface area contributed by atoms with Crippen molar-refractivity contribution in [2.24, 2.45) is 4.99 Å². The Kier molecular flexibility index (Phi) is 7.02. The number of hydrogen-bond acceptors (Lipinski definition) is 4. The van der Waals surface area contributed by atoms with E-state index in [2.05, 4.69) is 120 Å². The van der Waals surface area contributed by atoms with Crippen LogP contribution >= 0.6 is 11.3 Å². The summed E-state index contributed by atoms with van der Waals surface area (Å²) in [5.74, 6) is 0. The van der Waals surface area contributed by atoms with E-state index in [0.29, 0.717) is 0 Å². The molecule has 0 amide bonds. The highest BCUT2D eigenvalue weighted by molar-refractivity contribution is 7.21. The molecule has 0 aliphatic carbocycles. The van der Waals surface area contributed by atoms with Crippen LogP contribution in [0.3, 0.4) is 0 Å². The molecule has 0 radical (unpaired) electrons. The molecule has 0 aliphatic heterocycles. The molecule has 5 rings (SSSR count). The number of aliphatic imine (C=N–C) groups is 1. The van der Waals surface area contributed by atoms with Gasteiger partial charge in [-0.3, -0.25) is 9.98 Å². The summed E-state index contributed by atoms with van der Waals surface area (Å²) >= 11 is 1.71. The van der Waals surface area contributed by atoms with Crippen molar-refractivity contribution in [2.75, 3.05) is 0 Å². The third-order valence-electron chi connectivity index (χ3n) is 7.11. The average Bonchev–Trinajstić information content (AvgIpc) is 3.31. The normalized spacial score (nSPS) is 12.5. The van der Waals surface area contributed by atoms with Crippen molar-refractivity contribution in [3.05, 3.63) is 101 Å². The summed E-state index contributed by atoms with van der Waals surface area (Å²) in [6.07, 6.45) is 2.00. The molecule has 5 aromatic rings. The van der Waals surface area contributed by atoms with Gasteiger partial charge in [-0.05, 0) is 77.8 Å². The van der Waals surface area contributed by atoms with Gasteiger partial charge in [0, 0.05) is 34.3 Å². The zero-order valence-corrected chi connectivity index (χ0v) is 25.1. The molecular formula is C35H37N3S. The Morgan fingerprint density at radius 1 is 0.692 bits per heavy atom. The Labute approximate surface area is 236 Å². The van der Waals surface area contributed by atoms with Gasteiger partial charge in [-0.25, -0.2) is 4.98 Å². The molecule has 198 valence electrons. The van der Waals surface area contributed by atoms with E-state index >= 15 is 0 Å². The molecule has 3 aromatic carbocycles. The van der Waals surface area contributed by atoms with Crippen LogP contribution in [0, 0.1) is 13.8 Å². The summed E-state index contributed by atoms with van der Waals surface area (Å²) < 4.78 is 1.16. The maximum Gasteiger partial charge on any atom is 0.126 e. The monoisotopic (exact) mass is 531 g/mol. The quantitative estimate of drug-likeness (QED) is 0.216. The van der Waals surface area contributed by atoms with Gasteiger partial charge in [0.05, 0.1) is 15.9 Å². The van der Waals surface area contributed by atoms with Gasteiger partial charge in [0.1, 0.15) is 5.01 Å². The van der Waals surface area contributed by atoms with E-state index < -0.39 is 0 Å². The Balaban J connectivity index is 1.57. The summed E-state index contributed by atoms with van der Waals surface area (Å²) in [6.45, 7) is 17.7. The SMILES string of the molecule is Cc1ccc(-c2cccc3sc(-c4ccccc4N=Cc4cc(C(C)(C)C)cc(C(C)(C)C)c4)nc23)c(C)n1. The van der Waals surface area contributed by atoms with E-state index in [0.717, 1.165) is 54.6 Å². The molecule has 0 spiro atoms. The maximum atomic E-state index is 5.15. The number of hydrogen-bond donors (Lipinski definition) is 0. The lowest BCUT2D eigenvalue weighted by molar-refractivity contribution is 0.568. The average molecular weight is 532 g/mol. The van der Waals surface area contributed by atoms with Gasteiger partial charge in [0.15, 0.2) is 0 Å². The molecule has 0 bridgehead atoms. The highest BCUT2D eigenvalue weighted by atomic mass is 32.1. The first-order chi connectivity index (χ1) is 18.4. The minimum absolute atomic E-state index is 0.0613. The number of aryl methyl sites for hydroxylation is 2. The van der Waals surface area contributed by atoms with Crippen LogP contribution in [0.5, 0.6) is 0 Å².